The van der Waals surface area contributed by atoms with Gasteiger partial charge < -0.3 is 16.0 Å². The number of unbranched alkanes of at least 4 members (excludes halogenated alkanes) is 3. The lowest BCUT2D eigenvalue weighted by Gasteiger charge is -2.10. The van der Waals surface area contributed by atoms with Crippen LogP contribution in [0.25, 0.3) is 0 Å². The third kappa shape index (κ3) is 8.24. The number of hydrogen-bond acceptors (Lipinski definition) is 2. The maximum Gasteiger partial charge on any atom is 0.315 e. The van der Waals surface area contributed by atoms with E-state index in [1.54, 1.807) is 12.1 Å². The Kier molecular flexibility index (Phi) is 8.80. The zero-order valence-electron chi connectivity index (χ0n) is 14.4. The number of benzene rings is 1. The van der Waals surface area contributed by atoms with E-state index in [1.165, 1.54) is 12.8 Å². The van der Waals surface area contributed by atoms with E-state index in [1.807, 2.05) is 26.0 Å². The second-order valence-corrected chi connectivity index (χ2v) is 6.00. The summed E-state index contributed by atoms with van der Waals surface area (Å²) >= 11 is 0. The van der Waals surface area contributed by atoms with Crippen LogP contribution < -0.4 is 16.0 Å². The quantitative estimate of drug-likeness (QED) is 0.612. The number of urea groups is 1. The van der Waals surface area contributed by atoms with Crippen LogP contribution in [0.15, 0.2) is 24.3 Å². The molecule has 0 saturated carbocycles. The van der Waals surface area contributed by atoms with Gasteiger partial charge in [0.2, 0.25) is 0 Å². The Balaban J connectivity index is 2.34. The largest absolute Gasteiger partial charge is 0.352 e. The molecule has 0 spiro atoms. The average molecular weight is 319 g/mol. The minimum atomic E-state index is -0.186. The van der Waals surface area contributed by atoms with Gasteiger partial charge in [-0.3, -0.25) is 4.79 Å². The van der Waals surface area contributed by atoms with Gasteiger partial charge in [0.1, 0.15) is 0 Å². The predicted molar refractivity (Wildman–Crippen MR) is 93.4 cm³/mol. The van der Waals surface area contributed by atoms with Gasteiger partial charge in [-0.25, -0.2) is 4.79 Å². The molecule has 0 aliphatic carbocycles. The summed E-state index contributed by atoms with van der Waals surface area (Å²) in [5.74, 6) is -0.0430. The molecule has 0 atom stereocenters. The predicted octanol–water partition coefficient (Wildman–Crippen LogP) is 3.20. The lowest BCUT2D eigenvalue weighted by atomic mass is 10.1. The maximum atomic E-state index is 12.0. The zero-order chi connectivity index (χ0) is 17.1. The summed E-state index contributed by atoms with van der Waals surface area (Å²) < 4.78 is 0. The van der Waals surface area contributed by atoms with Gasteiger partial charge >= 0.3 is 6.03 Å². The molecule has 0 aromatic heterocycles. The van der Waals surface area contributed by atoms with Crippen molar-refractivity contribution in [1.29, 1.82) is 0 Å². The number of carbonyl (C=O) groups excluding carboxylic acids is 2. The Morgan fingerprint density at radius 1 is 1.00 bits per heavy atom. The number of rotatable bonds is 9. The van der Waals surface area contributed by atoms with Crippen molar-refractivity contribution in [3.63, 3.8) is 0 Å². The molecule has 0 radical (unpaired) electrons. The van der Waals surface area contributed by atoms with Gasteiger partial charge in [-0.05, 0) is 38.0 Å². The molecule has 0 aliphatic rings. The molecule has 5 nitrogen and oxygen atoms in total. The average Bonchev–Trinajstić information content (AvgIpc) is 2.52. The van der Waals surface area contributed by atoms with E-state index < -0.39 is 0 Å². The lowest BCUT2D eigenvalue weighted by Crippen LogP contribution is -2.39. The number of nitrogens with one attached hydrogen (secondary N) is 3. The molecule has 3 N–H and O–H groups in total. The van der Waals surface area contributed by atoms with Crippen molar-refractivity contribution in [2.75, 3.05) is 6.54 Å². The molecule has 1 aromatic carbocycles. The molecule has 0 fully saturated rings. The SMILES string of the molecule is CCCCCCNC(=O)c1ccc(CNC(=O)NC(C)C)cc1. The molecule has 0 saturated heterocycles. The summed E-state index contributed by atoms with van der Waals surface area (Å²) in [7, 11) is 0. The van der Waals surface area contributed by atoms with Crippen LogP contribution in [-0.2, 0) is 6.54 Å². The van der Waals surface area contributed by atoms with Gasteiger partial charge in [-0.15, -0.1) is 0 Å². The second kappa shape index (κ2) is 10.6. The fourth-order valence-electron chi connectivity index (χ4n) is 2.13. The maximum absolute atomic E-state index is 12.0. The highest BCUT2D eigenvalue weighted by atomic mass is 16.2. The van der Waals surface area contributed by atoms with E-state index in [-0.39, 0.29) is 18.0 Å². The van der Waals surface area contributed by atoms with E-state index in [4.69, 9.17) is 0 Å². The van der Waals surface area contributed by atoms with Crippen molar-refractivity contribution >= 4 is 11.9 Å². The van der Waals surface area contributed by atoms with E-state index in [2.05, 4.69) is 22.9 Å². The third-order valence-corrected chi connectivity index (χ3v) is 3.40. The van der Waals surface area contributed by atoms with Crippen LogP contribution in [0.3, 0.4) is 0 Å². The van der Waals surface area contributed by atoms with Gasteiger partial charge in [-0.2, -0.15) is 0 Å². The normalized spacial score (nSPS) is 10.4. The molecule has 1 rings (SSSR count). The first-order chi connectivity index (χ1) is 11.0. The molecular weight excluding hydrogens is 290 g/mol. The lowest BCUT2D eigenvalue weighted by molar-refractivity contribution is 0.0953. The smallest absolute Gasteiger partial charge is 0.315 e. The van der Waals surface area contributed by atoms with Gasteiger partial charge in [-0.1, -0.05) is 38.3 Å². The van der Waals surface area contributed by atoms with E-state index >= 15 is 0 Å². The van der Waals surface area contributed by atoms with Crippen molar-refractivity contribution in [2.24, 2.45) is 0 Å². The molecule has 0 bridgehead atoms. The van der Waals surface area contributed by atoms with Crippen molar-refractivity contribution in [3.05, 3.63) is 35.4 Å². The highest BCUT2D eigenvalue weighted by molar-refractivity contribution is 5.94. The Morgan fingerprint density at radius 3 is 2.30 bits per heavy atom. The van der Waals surface area contributed by atoms with Crippen LogP contribution in [0.2, 0.25) is 0 Å². The van der Waals surface area contributed by atoms with E-state index in [0.717, 1.165) is 24.9 Å². The van der Waals surface area contributed by atoms with Crippen LogP contribution >= 0.6 is 0 Å². The van der Waals surface area contributed by atoms with Crippen LogP contribution in [0, 0.1) is 0 Å². The van der Waals surface area contributed by atoms with Gasteiger partial charge in [0.25, 0.3) is 5.91 Å². The summed E-state index contributed by atoms with van der Waals surface area (Å²) in [6.07, 6.45) is 4.58. The number of amides is 3. The van der Waals surface area contributed by atoms with Crippen LogP contribution in [-0.4, -0.2) is 24.5 Å². The summed E-state index contributed by atoms with van der Waals surface area (Å²) in [6.45, 7) is 7.15. The first kappa shape index (κ1) is 19.0. The van der Waals surface area contributed by atoms with Crippen molar-refractivity contribution in [2.45, 2.75) is 59.0 Å². The molecule has 1 aromatic rings. The molecular formula is C18H29N3O2. The zero-order valence-corrected chi connectivity index (χ0v) is 14.4. The summed E-state index contributed by atoms with van der Waals surface area (Å²) in [4.78, 5) is 23.5. The Labute approximate surface area is 139 Å². The molecule has 5 heteroatoms. The monoisotopic (exact) mass is 319 g/mol. The molecule has 3 amide bonds. The third-order valence-electron chi connectivity index (χ3n) is 3.40. The molecule has 0 unspecified atom stereocenters. The minimum absolute atomic E-state index is 0.0430. The summed E-state index contributed by atoms with van der Waals surface area (Å²) in [6, 6.07) is 7.23. The minimum Gasteiger partial charge on any atom is -0.352 e. The van der Waals surface area contributed by atoms with Crippen LogP contribution in [0.4, 0.5) is 4.79 Å². The van der Waals surface area contributed by atoms with Crippen LogP contribution in [0.1, 0.15) is 62.4 Å². The van der Waals surface area contributed by atoms with E-state index in [0.29, 0.717) is 12.1 Å². The van der Waals surface area contributed by atoms with Gasteiger partial charge in [0.15, 0.2) is 0 Å². The van der Waals surface area contributed by atoms with Gasteiger partial charge in [0, 0.05) is 24.7 Å². The molecule has 0 aliphatic heterocycles. The summed E-state index contributed by atoms with van der Waals surface area (Å²) in [5.41, 5.74) is 1.61. The van der Waals surface area contributed by atoms with Crippen LogP contribution in [0.5, 0.6) is 0 Å². The highest BCUT2D eigenvalue weighted by Gasteiger charge is 2.06. The first-order valence-electron chi connectivity index (χ1n) is 8.44. The highest BCUT2D eigenvalue weighted by Crippen LogP contribution is 2.05. The molecule has 128 valence electrons. The Bertz CT molecular complexity index is 484. The molecule has 23 heavy (non-hydrogen) atoms. The molecule has 0 heterocycles. The van der Waals surface area contributed by atoms with Crippen molar-refractivity contribution < 1.29 is 9.59 Å². The number of hydrogen-bond donors (Lipinski definition) is 3. The van der Waals surface area contributed by atoms with Crippen molar-refractivity contribution in [3.8, 4) is 0 Å². The Morgan fingerprint density at radius 2 is 1.70 bits per heavy atom. The Hall–Kier alpha value is -2.04. The summed E-state index contributed by atoms with van der Waals surface area (Å²) in [5, 5.41) is 8.48. The van der Waals surface area contributed by atoms with E-state index in [9.17, 15) is 9.59 Å². The fourth-order valence-corrected chi connectivity index (χ4v) is 2.13. The van der Waals surface area contributed by atoms with Crippen molar-refractivity contribution in [1.82, 2.24) is 16.0 Å². The number of carbonyl (C=O) groups is 2. The topological polar surface area (TPSA) is 70.2 Å². The fraction of sp³-hybridized carbons (Fsp3) is 0.556. The standard InChI is InChI=1S/C18H29N3O2/c1-4-5-6-7-12-19-17(22)16-10-8-15(9-11-16)13-20-18(23)21-14(2)3/h8-11,14H,4-7,12-13H2,1-3H3,(H,19,22)(H2,20,21,23). The first-order valence-corrected chi connectivity index (χ1v) is 8.44. The van der Waals surface area contributed by atoms with Gasteiger partial charge in [0.05, 0.1) is 0 Å². The second-order valence-electron chi connectivity index (χ2n) is 6.00.